The van der Waals surface area contributed by atoms with Gasteiger partial charge in [-0.05, 0) is 17.7 Å². The molecule has 0 heterocycles. The zero-order valence-corrected chi connectivity index (χ0v) is 10.9. The number of ether oxygens (including phenoxy) is 2. The minimum absolute atomic E-state index is 0.209. The van der Waals surface area contributed by atoms with Crippen LogP contribution in [0.2, 0.25) is 0 Å². The van der Waals surface area contributed by atoms with Crippen LogP contribution in [0.5, 0.6) is 5.75 Å². The molecule has 4 nitrogen and oxygen atoms in total. The van der Waals surface area contributed by atoms with Gasteiger partial charge in [0.15, 0.2) is 6.10 Å². The Balaban J connectivity index is 1.83. The number of hydrogen-bond acceptors (Lipinski definition) is 3. The van der Waals surface area contributed by atoms with Crippen LogP contribution in [0.4, 0.5) is 0 Å². The lowest BCUT2D eigenvalue weighted by Gasteiger charge is -2.14. The van der Waals surface area contributed by atoms with Crippen LogP contribution in [0.3, 0.4) is 0 Å². The predicted molar refractivity (Wildman–Crippen MR) is 74.7 cm³/mol. The predicted octanol–water partition coefficient (Wildman–Crippen LogP) is 2.91. The largest absolute Gasteiger partial charge is 0.491 e. The standard InChI is InChI=1S/C16H16O4/c17-16(18)15(13-7-3-1-4-8-13)20-12-11-19-14-9-5-2-6-10-14/h1-10,15H,11-12H2,(H,17,18). The van der Waals surface area contributed by atoms with Crippen molar-refractivity contribution in [3.63, 3.8) is 0 Å². The summed E-state index contributed by atoms with van der Waals surface area (Å²) in [5.41, 5.74) is 0.625. The molecule has 1 N–H and O–H groups in total. The highest BCUT2D eigenvalue weighted by Gasteiger charge is 2.19. The Morgan fingerprint density at radius 1 is 0.950 bits per heavy atom. The lowest BCUT2D eigenvalue weighted by Crippen LogP contribution is -2.18. The highest BCUT2D eigenvalue weighted by molar-refractivity contribution is 5.74. The zero-order valence-electron chi connectivity index (χ0n) is 10.9. The molecule has 0 spiro atoms. The fourth-order valence-corrected chi connectivity index (χ4v) is 1.78. The molecule has 20 heavy (non-hydrogen) atoms. The third-order valence-electron chi connectivity index (χ3n) is 2.71. The Kier molecular flexibility index (Phi) is 5.15. The monoisotopic (exact) mass is 272 g/mol. The SMILES string of the molecule is O=C(O)C(OCCOc1ccccc1)c1ccccc1. The summed E-state index contributed by atoms with van der Waals surface area (Å²) in [6, 6.07) is 18.2. The van der Waals surface area contributed by atoms with E-state index in [0.29, 0.717) is 12.2 Å². The summed E-state index contributed by atoms with van der Waals surface area (Å²) in [5.74, 6) is -0.265. The van der Waals surface area contributed by atoms with E-state index in [0.717, 1.165) is 5.75 Å². The first-order chi connectivity index (χ1) is 9.77. The van der Waals surface area contributed by atoms with Crippen molar-refractivity contribution < 1.29 is 19.4 Å². The van der Waals surface area contributed by atoms with Gasteiger partial charge in [0.25, 0.3) is 0 Å². The van der Waals surface area contributed by atoms with Crippen LogP contribution in [0.25, 0.3) is 0 Å². The van der Waals surface area contributed by atoms with E-state index in [4.69, 9.17) is 9.47 Å². The van der Waals surface area contributed by atoms with Crippen molar-refractivity contribution in [2.24, 2.45) is 0 Å². The molecule has 2 aromatic rings. The number of aliphatic carboxylic acids is 1. The molecule has 2 aromatic carbocycles. The van der Waals surface area contributed by atoms with Gasteiger partial charge < -0.3 is 14.6 Å². The number of para-hydroxylation sites is 1. The molecule has 104 valence electrons. The molecular formula is C16H16O4. The summed E-state index contributed by atoms with van der Waals surface area (Å²) < 4.78 is 10.8. The second-order valence-electron chi connectivity index (χ2n) is 4.16. The van der Waals surface area contributed by atoms with E-state index >= 15 is 0 Å². The molecule has 0 aliphatic carbocycles. The van der Waals surface area contributed by atoms with Crippen LogP contribution in [-0.4, -0.2) is 24.3 Å². The van der Waals surface area contributed by atoms with E-state index in [2.05, 4.69) is 0 Å². The van der Waals surface area contributed by atoms with Gasteiger partial charge in [0, 0.05) is 0 Å². The third-order valence-corrected chi connectivity index (χ3v) is 2.71. The van der Waals surface area contributed by atoms with Crippen LogP contribution in [0.15, 0.2) is 60.7 Å². The first-order valence-corrected chi connectivity index (χ1v) is 6.34. The zero-order chi connectivity index (χ0) is 14.2. The van der Waals surface area contributed by atoms with Crippen molar-refractivity contribution in [1.82, 2.24) is 0 Å². The van der Waals surface area contributed by atoms with Gasteiger partial charge in [0.1, 0.15) is 12.4 Å². The quantitative estimate of drug-likeness (QED) is 0.787. The number of carboxylic acids is 1. The maximum absolute atomic E-state index is 11.2. The van der Waals surface area contributed by atoms with Crippen LogP contribution < -0.4 is 4.74 Å². The van der Waals surface area contributed by atoms with Gasteiger partial charge in [-0.1, -0.05) is 48.5 Å². The van der Waals surface area contributed by atoms with E-state index in [1.165, 1.54) is 0 Å². The number of hydrogen-bond donors (Lipinski definition) is 1. The summed E-state index contributed by atoms with van der Waals surface area (Å²) in [5, 5.41) is 9.18. The Bertz CT molecular complexity index is 525. The van der Waals surface area contributed by atoms with Gasteiger partial charge in [0.05, 0.1) is 6.61 Å². The second-order valence-corrected chi connectivity index (χ2v) is 4.16. The third kappa shape index (κ3) is 4.10. The first kappa shape index (κ1) is 14.1. The maximum Gasteiger partial charge on any atom is 0.337 e. The van der Waals surface area contributed by atoms with Gasteiger partial charge in [-0.3, -0.25) is 0 Å². The van der Waals surface area contributed by atoms with Crippen LogP contribution in [-0.2, 0) is 9.53 Å². The Hall–Kier alpha value is -2.33. The number of benzene rings is 2. The van der Waals surface area contributed by atoms with Crippen LogP contribution in [0.1, 0.15) is 11.7 Å². The average molecular weight is 272 g/mol. The van der Waals surface area contributed by atoms with Crippen molar-refractivity contribution in [1.29, 1.82) is 0 Å². The summed E-state index contributed by atoms with van der Waals surface area (Å²) in [7, 11) is 0. The topological polar surface area (TPSA) is 55.8 Å². The molecule has 1 unspecified atom stereocenters. The molecule has 4 heteroatoms. The van der Waals surface area contributed by atoms with E-state index in [-0.39, 0.29) is 6.61 Å². The Morgan fingerprint density at radius 2 is 1.55 bits per heavy atom. The van der Waals surface area contributed by atoms with Crippen molar-refractivity contribution in [2.75, 3.05) is 13.2 Å². The molecule has 0 fully saturated rings. The fourth-order valence-electron chi connectivity index (χ4n) is 1.78. The number of rotatable bonds is 7. The molecule has 0 aliphatic rings. The highest BCUT2D eigenvalue weighted by Crippen LogP contribution is 2.17. The molecule has 0 bridgehead atoms. The molecule has 1 atom stereocenters. The van der Waals surface area contributed by atoms with E-state index in [1.54, 1.807) is 24.3 Å². The van der Waals surface area contributed by atoms with E-state index < -0.39 is 12.1 Å². The minimum Gasteiger partial charge on any atom is -0.491 e. The number of carboxylic acid groups (broad SMARTS) is 1. The molecule has 2 rings (SSSR count). The normalized spacial score (nSPS) is 11.8. The van der Waals surface area contributed by atoms with Crippen molar-refractivity contribution in [3.05, 3.63) is 66.2 Å². The molecule has 0 aromatic heterocycles. The lowest BCUT2D eigenvalue weighted by molar-refractivity contribution is -0.151. The van der Waals surface area contributed by atoms with Gasteiger partial charge in [-0.25, -0.2) is 4.79 Å². The maximum atomic E-state index is 11.2. The van der Waals surface area contributed by atoms with Gasteiger partial charge in [0.2, 0.25) is 0 Å². The van der Waals surface area contributed by atoms with Gasteiger partial charge in [-0.15, -0.1) is 0 Å². The van der Waals surface area contributed by atoms with Crippen molar-refractivity contribution >= 4 is 5.97 Å². The second kappa shape index (κ2) is 7.31. The summed E-state index contributed by atoms with van der Waals surface area (Å²) in [6.07, 6.45) is -0.962. The molecule has 0 amide bonds. The van der Waals surface area contributed by atoms with E-state index in [9.17, 15) is 9.90 Å². The highest BCUT2D eigenvalue weighted by atomic mass is 16.5. The van der Waals surface area contributed by atoms with Gasteiger partial charge in [-0.2, -0.15) is 0 Å². The summed E-state index contributed by atoms with van der Waals surface area (Å²) >= 11 is 0. The smallest absolute Gasteiger partial charge is 0.337 e. The number of carbonyl (C=O) groups is 1. The molecule has 0 aliphatic heterocycles. The van der Waals surface area contributed by atoms with Crippen molar-refractivity contribution in [3.8, 4) is 5.75 Å². The lowest BCUT2D eigenvalue weighted by atomic mass is 10.1. The van der Waals surface area contributed by atoms with Gasteiger partial charge >= 0.3 is 5.97 Å². The Labute approximate surface area is 117 Å². The van der Waals surface area contributed by atoms with Crippen LogP contribution >= 0.6 is 0 Å². The molecule has 0 saturated carbocycles. The fraction of sp³-hybridized carbons (Fsp3) is 0.188. The first-order valence-electron chi connectivity index (χ1n) is 6.34. The minimum atomic E-state index is -1.00. The average Bonchev–Trinajstić information content (AvgIpc) is 2.49. The molecular weight excluding hydrogens is 256 g/mol. The van der Waals surface area contributed by atoms with Crippen molar-refractivity contribution in [2.45, 2.75) is 6.10 Å². The molecule has 0 saturated heterocycles. The Morgan fingerprint density at radius 3 is 2.15 bits per heavy atom. The van der Waals surface area contributed by atoms with Crippen LogP contribution in [0, 0.1) is 0 Å². The van der Waals surface area contributed by atoms with E-state index in [1.807, 2.05) is 36.4 Å². The molecule has 0 radical (unpaired) electrons. The summed E-state index contributed by atoms with van der Waals surface area (Å²) in [6.45, 7) is 0.515. The summed E-state index contributed by atoms with van der Waals surface area (Å²) in [4.78, 5) is 11.2.